The Kier molecular flexibility index (Phi) is 5.31. The topological polar surface area (TPSA) is 62.7 Å². The number of hydrogen-bond donors (Lipinski definition) is 1. The molecule has 0 amide bonds. The first kappa shape index (κ1) is 17.4. The van der Waals surface area contributed by atoms with Gasteiger partial charge >= 0.3 is 5.97 Å². The minimum absolute atomic E-state index is 0.0616. The monoisotopic (exact) mass is 356 g/mol. The van der Waals surface area contributed by atoms with E-state index in [4.69, 9.17) is 9.84 Å². The molecule has 5 nitrogen and oxygen atoms in total. The molecule has 2 aromatic carbocycles. The van der Waals surface area contributed by atoms with E-state index in [2.05, 4.69) is 9.88 Å². The lowest BCUT2D eigenvalue weighted by molar-refractivity contribution is 0.0691. The maximum Gasteiger partial charge on any atom is 0.355 e. The zero-order chi connectivity index (χ0) is 17.8. The lowest BCUT2D eigenvalue weighted by Gasteiger charge is -2.14. The molecule has 3 rings (SSSR count). The number of carboxylic acid groups (broad SMARTS) is 1. The van der Waals surface area contributed by atoms with E-state index in [0.717, 1.165) is 35.1 Å². The summed E-state index contributed by atoms with van der Waals surface area (Å²) in [5.41, 5.74) is 0.923. The van der Waals surface area contributed by atoms with Gasteiger partial charge in [0.2, 0.25) is 0 Å². The molecule has 1 aromatic heterocycles. The lowest BCUT2D eigenvalue weighted by Crippen LogP contribution is -2.15. The Morgan fingerprint density at radius 2 is 2.04 bits per heavy atom. The van der Waals surface area contributed by atoms with E-state index < -0.39 is 5.97 Å². The van der Waals surface area contributed by atoms with Gasteiger partial charge in [0.15, 0.2) is 5.69 Å². The van der Waals surface area contributed by atoms with Crippen LogP contribution < -0.4 is 4.74 Å². The van der Waals surface area contributed by atoms with E-state index >= 15 is 0 Å². The predicted octanol–water partition coefficient (Wildman–Crippen LogP) is 3.99. The highest BCUT2D eigenvalue weighted by atomic mass is 32.1. The minimum atomic E-state index is -1.02. The van der Waals surface area contributed by atoms with Gasteiger partial charge in [0.25, 0.3) is 0 Å². The highest BCUT2D eigenvalue weighted by Gasteiger charge is 2.17. The second kappa shape index (κ2) is 7.63. The maximum absolute atomic E-state index is 11.2. The Hall–Kier alpha value is -2.44. The van der Waals surface area contributed by atoms with Crippen LogP contribution in [0.15, 0.2) is 41.8 Å². The van der Waals surface area contributed by atoms with E-state index in [1.807, 2.05) is 50.5 Å². The van der Waals surface area contributed by atoms with Gasteiger partial charge in [-0.2, -0.15) is 0 Å². The van der Waals surface area contributed by atoms with E-state index in [0.29, 0.717) is 11.6 Å². The molecule has 1 heterocycles. The van der Waals surface area contributed by atoms with Crippen molar-refractivity contribution in [3.63, 3.8) is 0 Å². The number of nitrogens with zero attached hydrogens (tertiary/aromatic N) is 2. The van der Waals surface area contributed by atoms with Crippen molar-refractivity contribution in [2.75, 3.05) is 27.2 Å². The summed E-state index contributed by atoms with van der Waals surface area (Å²) in [5, 5.41) is 13.5. The first-order valence-corrected chi connectivity index (χ1v) is 8.92. The highest BCUT2D eigenvalue weighted by molar-refractivity contribution is 7.13. The lowest BCUT2D eigenvalue weighted by atomic mass is 10.0. The average molecular weight is 356 g/mol. The Labute approximate surface area is 150 Å². The molecule has 0 unspecified atom stereocenters. The molecule has 25 heavy (non-hydrogen) atoms. The number of fused-ring (bicyclic) bond motifs is 1. The number of benzene rings is 2. The second-order valence-electron chi connectivity index (χ2n) is 6.01. The summed E-state index contributed by atoms with van der Waals surface area (Å²) in [6, 6.07) is 11.9. The van der Waals surface area contributed by atoms with E-state index in [9.17, 15) is 4.79 Å². The first-order valence-electron chi connectivity index (χ1n) is 8.04. The molecular weight excluding hydrogens is 336 g/mol. The van der Waals surface area contributed by atoms with Crippen molar-refractivity contribution >= 4 is 28.1 Å². The fourth-order valence-corrected chi connectivity index (χ4v) is 3.50. The molecule has 0 aliphatic rings. The molecule has 0 saturated heterocycles. The fourth-order valence-electron chi connectivity index (χ4n) is 2.64. The summed E-state index contributed by atoms with van der Waals surface area (Å²) in [7, 11) is 4.06. The fraction of sp³-hybridized carbons (Fsp3) is 0.263. The molecule has 0 atom stereocenters. The van der Waals surface area contributed by atoms with Crippen molar-refractivity contribution in [1.82, 2.24) is 9.88 Å². The van der Waals surface area contributed by atoms with Crippen LogP contribution in [0.4, 0.5) is 0 Å². The average Bonchev–Trinajstić information content (AvgIpc) is 3.08. The Bertz CT molecular complexity index is 889. The number of carbonyl (C=O) groups is 1. The van der Waals surface area contributed by atoms with Crippen molar-refractivity contribution in [3.05, 3.63) is 47.5 Å². The van der Waals surface area contributed by atoms with Gasteiger partial charge in [-0.05, 0) is 37.4 Å². The van der Waals surface area contributed by atoms with Crippen LogP contribution in [-0.4, -0.2) is 48.2 Å². The molecule has 0 bridgehead atoms. The summed E-state index contributed by atoms with van der Waals surface area (Å²) in [6.07, 6.45) is 0.914. The summed E-state index contributed by atoms with van der Waals surface area (Å²) in [4.78, 5) is 17.6. The molecule has 130 valence electrons. The number of ether oxygens (including phenoxy) is 1. The van der Waals surface area contributed by atoms with Crippen LogP contribution >= 0.6 is 11.3 Å². The normalized spacial score (nSPS) is 11.2. The van der Waals surface area contributed by atoms with Crippen LogP contribution in [-0.2, 0) is 0 Å². The van der Waals surface area contributed by atoms with Gasteiger partial charge in [0.1, 0.15) is 10.8 Å². The van der Waals surface area contributed by atoms with Crippen molar-refractivity contribution in [2.24, 2.45) is 0 Å². The third-order valence-corrected chi connectivity index (χ3v) is 4.69. The zero-order valence-corrected chi connectivity index (χ0v) is 15.0. The summed E-state index contributed by atoms with van der Waals surface area (Å²) in [6.45, 7) is 1.55. The van der Waals surface area contributed by atoms with Gasteiger partial charge in [0, 0.05) is 11.9 Å². The van der Waals surface area contributed by atoms with Crippen LogP contribution in [0.3, 0.4) is 0 Å². The number of rotatable bonds is 7. The van der Waals surface area contributed by atoms with Crippen LogP contribution in [0.2, 0.25) is 0 Å². The maximum atomic E-state index is 11.2. The molecule has 3 aromatic rings. The molecule has 0 aliphatic heterocycles. The van der Waals surface area contributed by atoms with E-state index in [-0.39, 0.29) is 5.69 Å². The van der Waals surface area contributed by atoms with Gasteiger partial charge in [-0.25, -0.2) is 9.78 Å². The smallest absolute Gasteiger partial charge is 0.355 e. The third-order valence-electron chi connectivity index (χ3n) is 3.84. The zero-order valence-electron chi connectivity index (χ0n) is 14.2. The Morgan fingerprint density at radius 1 is 1.24 bits per heavy atom. The van der Waals surface area contributed by atoms with Crippen LogP contribution in [0.1, 0.15) is 16.9 Å². The number of thiazole rings is 1. The molecule has 0 radical (unpaired) electrons. The van der Waals surface area contributed by atoms with Gasteiger partial charge in [0.05, 0.1) is 12.2 Å². The molecule has 6 heteroatoms. The van der Waals surface area contributed by atoms with E-state index in [1.165, 1.54) is 11.3 Å². The number of hydrogen-bond acceptors (Lipinski definition) is 5. The molecule has 0 saturated carbocycles. The van der Waals surface area contributed by atoms with Crippen molar-refractivity contribution in [1.29, 1.82) is 0 Å². The van der Waals surface area contributed by atoms with Crippen LogP contribution in [0.25, 0.3) is 21.3 Å². The van der Waals surface area contributed by atoms with Gasteiger partial charge < -0.3 is 14.7 Å². The number of aromatic carboxylic acids is 1. The van der Waals surface area contributed by atoms with Crippen molar-refractivity contribution in [3.8, 4) is 16.3 Å². The van der Waals surface area contributed by atoms with E-state index in [1.54, 1.807) is 5.38 Å². The summed E-state index contributed by atoms with van der Waals surface area (Å²) < 4.78 is 6.01. The number of aromatic nitrogens is 1. The van der Waals surface area contributed by atoms with Gasteiger partial charge in [-0.3, -0.25) is 0 Å². The first-order chi connectivity index (χ1) is 12.1. The second-order valence-corrected chi connectivity index (χ2v) is 6.87. The molecule has 0 spiro atoms. The predicted molar refractivity (Wildman–Crippen MR) is 101 cm³/mol. The van der Waals surface area contributed by atoms with Crippen molar-refractivity contribution in [2.45, 2.75) is 6.42 Å². The molecule has 0 fully saturated rings. The third kappa shape index (κ3) is 3.97. The molecule has 0 aliphatic carbocycles. The summed E-state index contributed by atoms with van der Waals surface area (Å²) >= 11 is 1.32. The standard InChI is InChI=1S/C19H20N2O3S/c1-21(2)10-5-11-24-16-9-8-13-6-3-4-7-14(13)17(16)18-20-15(12-25-18)19(22)23/h3-4,6-9,12H,5,10-11H2,1-2H3,(H,22,23). The molecule has 1 N–H and O–H groups in total. The minimum Gasteiger partial charge on any atom is -0.493 e. The number of carboxylic acids is 1. The Balaban J connectivity index is 1.99. The van der Waals surface area contributed by atoms with Gasteiger partial charge in [-0.15, -0.1) is 11.3 Å². The quantitative estimate of drug-likeness (QED) is 0.649. The Morgan fingerprint density at radius 3 is 2.76 bits per heavy atom. The molecular formula is C19H20N2O3S. The van der Waals surface area contributed by atoms with Gasteiger partial charge in [-0.1, -0.05) is 30.3 Å². The van der Waals surface area contributed by atoms with Crippen LogP contribution in [0, 0.1) is 0 Å². The SMILES string of the molecule is CN(C)CCCOc1ccc2ccccc2c1-c1nc(C(=O)O)cs1. The van der Waals surface area contributed by atoms with Crippen LogP contribution in [0.5, 0.6) is 5.75 Å². The largest absolute Gasteiger partial charge is 0.493 e. The summed E-state index contributed by atoms with van der Waals surface area (Å²) in [5.74, 6) is -0.278. The highest BCUT2D eigenvalue weighted by Crippen LogP contribution is 2.38. The van der Waals surface area contributed by atoms with Crippen molar-refractivity contribution < 1.29 is 14.6 Å².